The van der Waals surface area contributed by atoms with E-state index in [2.05, 4.69) is 11.3 Å². The van der Waals surface area contributed by atoms with Crippen molar-refractivity contribution in [2.75, 3.05) is 7.11 Å². The standard InChI is InChI=1S/C10H18O3/c1-5-7-10(3,8(11)6-2)9(12)13-4/h5,8,11H,1,6-7H2,2-4H3/t8-,10+/m0/s1. The zero-order valence-electron chi connectivity index (χ0n) is 8.54. The Hall–Kier alpha value is -0.830. The molecule has 0 aliphatic carbocycles. The summed E-state index contributed by atoms with van der Waals surface area (Å²) in [4.78, 5) is 11.4. The summed E-state index contributed by atoms with van der Waals surface area (Å²) in [5.41, 5.74) is -0.856. The van der Waals surface area contributed by atoms with Crippen LogP contribution in [0, 0.1) is 5.41 Å². The number of carbonyl (C=O) groups is 1. The Balaban J connectivity index is 4.69. The van der Waals surface area contributed by atoms with Crippen molar-refractivity contribution < 1.29 is 14.6 Å². The van der Waals surface area contributed by atoms with Gasteiger partial charge in [0.05, 0.1) is 18.6 Å². The second kappa shape index (κ2) is 5.02. The smallest absolute Gasteiger partial charge is 0.314 e. The average molecular weight is 186 g/mol. The Labute approximate surface area is 79.4 Å². The SMILES string of the molecule is C=CC[C@@](C)(C(=O)OC)[C@@H](O)CC. The Morgan fingerprint density at radius 1 is 1.77 bits per heavy atom. The van der Waals surface area contributed by atoms with Crippen molar-refractivity contribution >= 4 is 5.97 Å². The second-order valence-electron chi connectivity index (χ2n) is 3.33. The van der Waals surface area contributed by atoms with Gasteiger partial charge in [-0.2, -0.15) is 0 Å². The van der Waals surface area contributed by atoms with Crippen molar-refractivity contribution in [2.24, 2.45) is 5.41 Å². The van der Waals surface area contributed by atoms with Gasteiger partial charge in [-0.05, 0) is 19.8 Å². The Bertz CT molecular complexity index is 189. The maximum Gasteiger partial charge on any atom is 0.314 e. The molecule has 0 spiro atoms. The summed E-state index contributed by atoms with van der Waals surface area (Å²) < 4.78 is 4.64. The third-order valence-corrected chi connectivity index (χ3v) is 2.34. The van der Waals surface area contributed by atoms with Gasteiger partial charge in [-0.15, -0.1) is 6.58 Å². The first kappa shape index (κ1) is 12.2. The quantitative estimate of drug-likeness (QED) is 0.523. The number of carbonyl (C=O) groups excluding carboxylic acids is 1. The van der Waals surface area contributed by atoms with Gasteiger partial charge >= 0.3 is 5.97 Å². The van der Waals surface area contributed by atoms with E-state index in [0.29, 0.717) is 12.8 Å². The van der Waals surface area contributed by atoms with Gasteiger partial charge in [0.25, 0.3) is 0 Å². The van der Waals surface area contributed by atoms with E-state index in [1.54, 1.807) is 13.0 Å². The lowest BCUT2D eigenvalue weighted by Crippen LogP contribution is -2.40. The van der Waals surface area contributed by atoms with Crippen molar-refractivity contribution in [1.29, 1.82) is 0 Å². The number of aliphatic hydroxyl groups is 1. The van der Waals surface area contributed by atoms with E-state index in [1.165, 1.54) is 7.11 Å². The monoisotopic (exact) mass is 186 g/mol. The molecule has 1 N–H and O–H groups in total. The van der Waals surface area contributed by atoms with Crippen LogP contribution < -0.4 is 0 Å². The zero-order chi connectivity index (χ0) is 10.5. The molecule has 0 fully saturated rings. The lowest BCUT2D eigenvalue weighted by Gasteiger charge is -2.29. The van der Waals surface area contributed by atoms with Gasteiger partial charge in [-0.3, -0.25) is 4.79 Å². The minimum atomic E-state index is -0.856. The van der Waals surface area contributed by atoms with Crippen LogP contribution in [0.25, 0.3) is 0 Å². The van der Waals surface area contributed by atoms with Gasteiger partial charge < -0.3 is 9.84 Å². The summed E-state index contributed by atoms with van der Waals surface area (Å²) in [5, 5.41) is 9.66. The van der Waals surface area contributed by atoms with E-state index >= 15 is 0 Å². The number of allylic oxidation sites excluding steroid dienone is 1. The molecule has 0 bridgehead atoms. The highest BCUT2D eigenvalue weighted by atomic mass is 16.5. The van der Waals surface area contributed by atoms with Crippen molar-refractivity contribution in [3.63, 3.8) is 0 Å². The number of ether oxygens (including phenoxy) is 1. The van der Waals surface area contributed by atoms with Crippen LogP contribution in [0.3, 0.4) is 0 Å². The predicted octanol–water partition coefficient (Wildman–Crippen LogP) is 1.51. The lowest BCUT2D eigenvalue weighted by atomic mass is 9.80. The molecule has 0 aromatic carbocycles. The van der Waals surface area contributed by atoms with Gasteiger partial charge in [-0.25, -0.2) is 0 Å². The highest BCUT2D eigenvalue weighted by molar-refractivity contribution is 5.77. The zero-order valence-corrected chi connectivity index (χ0v) is 8.54. The van der Waals surface area contributed by atoms with Crippen molar-refractivity contribution in [3.05, 3.63) is 12.7 Å². The van der Waals surface area contributed by atoms with Crippen molar-refractivity contribution in [2.45, 2.75) is 32.8 Å². The molecule has 13 heavy (non-hydrogen) atoms. The number of aliphatic hydroxyl groups excluding tert-OH is 1. The summed E-state index contributed by atoms with van der Waals surface area (Å²) in [7, 11) is 1.33. The van der Waals surface area contributed by atoms with Crippen LogP contribution in [-0.4, -0.2) is 24.3 Å². The summed E-state index contributed by atoms with van der Waals surface area (Å²) in [6, 6.07) is 0. The number of hydrogen-bond donors (Lipinski definition) is 1. The molecule has 0 unspecified atom stereocenters. The number of esters is 1. The Kier molecular flexibility index (Phi) is 4.70. The van der Waals surface area contributed by atoms with E-state index in [4.69, 9.17) is 0 Å². The van der Waals surface area contributed by atoms with Crippen LogP contribution in [0.4, 0.5) is 0 Å². The molecule has 0 aromatic heterocycles. The number of rotatable bonds is 5. The fourth-order valence-electron chi connectivity index (χ4n) is 1.34. The molecule has 3 heteroatoms. The lowest BCUT2D eigenvalue weighted by molar-refractivity contribution is -0.158. The summed E-state index contributed by atoms with van der Waals surface area (Å²) in [6.45, 7) is 7.08. The molecule has 0 saturated heterocycles. The summed E-state index contributed by atoms with van der Waals surface area (Å²) >= 11 is 0. The molecule has 0 rings (SSSR count). The van der Waals surface area contributed by atoms with Crippen molar-refractivity contribution in [3.8, 4) is 0 Å². The van der Waals surface area contributed by atoms with Crippen LogP contribution in [0.2, 0.25) is 0 Å². The third-order valence-electron chi connectivity index (χ3n) is 2.34. The summed E-state index contributed by atoms with van der Waals surface area (Å²) in [6.07, 6.45) is 1.89. The molecule has 0 heterocycles. The molecular formula is C10H18O3. The van der Waals surface area contributed by atoms with Gasteiger partial charge in [-0.1, -0.05) is 13.0 Å². The van der Waals surface area contributed by atoms with Crippen LogP contribution in [0.5, 0.6) is 0 Å². The normalized spacial score (nSPS) is 17.2. The molecule has 0 amide bonds. The molecule has 0 aliphatic heterocycles. The first-order chi connectivity index (χ1) is 6.02. The second-order valence-corrected chi connectivity index (χ2v) is 3.33. The fraction of sp³-hybridized carbons (Fsp3) is 0.700. The molecule has 0 aliphatic rings. The first-order valence-electron chi connectivity index (χ1n) is 4.40. The van der Waals surface area contributed by atoms with Gasteiger partial charge in [0.15, 0.2) is 0 Å². The number of hydrogen-bond acceptors (Lipinski definition) is 3. The van der Waals surface area contributed by atoms with E-state index in [1.807, 2.05) is 6.92 Å². The maximum absolute atomic E-state index is 11.4. The number of methoxy groups -OCH3 is 1. The predicted molar refractivity (Wildman–Crippen MR) is 51.2 cm³/mol. The topological polar surface area (TPSA) is 46.5 Å². The highest BCUT2D eigenvalue weighted by Crippen LogP contribution is 2.29. The van der Waals surface area contributed by atoms with E-state index in [-0.39, 0.29) is 5.97 Å². The third kappa shape index (κ3) is 2.56. The largest absolute Gasteiger partial charge is 0.469 e. The molecular weight excluding hydrogens is 168 g/mol. The van der Waals surface area contributed by atoms with Crippen LogP contribution in [-0.2, 0) is 9.53 Å². The van der Waals surface area contributed by atoms with Gasteiger partial charge in [0.2, 0.25) is 0 Å². The highest BCUT2D eigenvalue weighted by Gasteiger charge is 2.39. The molecule has 0 saturated carbocycles. The molecule has 2 atom stereocenters. The van der Waals surface area contributed by atoms with Gasteiger partial charge in [0, 0.05) is 0 Å². The fourth-order valence-corrected chi connectivity index (χ4v) is 1.34. The van der Waals surface area contributed by atoms with Crippen LogP contribution in [0.15, 0.2) is 12.7 Å². The van der Waals surface area contributed by atoms with E-state index in [0.717, 1.165) is 0 Å². The first-order valence-corrected chi connectivity index (χ1v) is 4.40. The van der Waals surface area contributed by atoms with E-state index < -0.39 is 11.5 Å². The minimum Gasteiger partial charge on any atom is -0.469 e. The average Bonchev–Trinajstić information content (AvgIpc) is 2.15. The van der Waals surface area contributed by atoms with Crippen molar-refractivity contribution in [1.82, 2.24) is 0 Å². The van der Waals surface area contributed by atoms with Crippen LogP contribution in [0.1, 0.15) is 26.7 Å². The maximum atomic E-state index is 11.4. The molecule has 3 nitrogen and oxygen atoms in total. The molecule has 0 radical (unpaired) electrons. The van der Waals surface area contributed by atoms with Gasteiger partial charge in [0.1, 0.15) is 0 Å². The minimum absolute atomic E-state index is 0.387. The Morgan fingerprint density at radius 2 is 2.31 bits per heavy atom. The van der Waals surface area contributed by atoms with Crippen LogP contribution >= 0.6 is 0 Å². The Morgan fingerprint density at radius 3 is 2.62 bits per heavy atom. The molecule has 0 aromatic rings. The van der Waals surface area contributed by atoms with E-state index in [9.17, 15) is 9.90 Å². The molecule has 76 valence electrons. The summed E-state index contributed by atoms with van der Waals surface area (Å²) in [5.74, 6) is -0.387.